The van der Waals surface area contributed by atoms with Crippen molar-refractivity contribution < 1.29 is 4.74 Å². The predicted octanol–water partition coefficient (Wildman–Crippen LogP) is 3.12. The van der Waals surface area contributed by atoms with Crippen LogP contribution in [0.2, 0.25) is 0 Å². The Morgan fingerprint density at radius 1 is 1.56 bits per heavy atom. The van der Waals surface area contributed by atoms with Gasteiger partial charge < -0.3 is 4.74 Å². The highest BCUT2D eigenvalue weighted by Gasteiger charge is 2.08. The SMILES string of the molecule is C=C(Cl)CSc1nncn1-c1cccc(OC)c1. The second-order valence-corrected chi connectivity index (χ2v) is 4.97. The molecule has 94 valence electrons. The molecular weight excluding hydrogens is 270 g/mol. The summed E-state index contributed by atoms with van der Waals surface area (Å²) >= 11 is 7.24. The molecule has 1 heterocycles. The van der Waals surface area contributed by atoms with Crippen LogP contribution in [-0.2, 0) is 0 Å². The summed E-state index contributed by atoms with van der Waals surface area (Å²) in [6, 6.07) is 7.69. The molecule has 0 aliphatic rings. The molecule has 0 radical (unpaired) electrons. The number of aromatic nitrogens is 3. The summed E-state index contributed by atoms with van der Waals surface area (Å²) in [5, 5.41) is 9.32. The Balaban J connectivity index is 2.27. The van der Waals surface area contributed by atoms with Crippen LogP contribution in [0.5, 0.6) is 5.75 Å². The Morgan fingerprint density at radius 2 is 2.39 bits per heavy atom. The van der Waals surface area contributed by atoms with Gasteiger partial charge in [-0.05, 0) is 12.1 Å². The van der Waals surface area contributed by atoms with E-state index >= 15 is 0 Å². The van der Waals surface area contributed by atoms with Crippen LogP contribution in [0.1, 0.15) is 0 Å². The smallest absolute Gasteiger partial charge is 0.195 e. The number of methoxy groups -OCH3 is 1. The highest BCUT2D eigenvalue weighted by atomic mass is 35.5. The van der Waals surface area contributed by atoms with E-state index in [0.717, 1.165) is 16.6 Å². The Labute approximate surface area is 115 Å². The Morgan fingerprint density at radius 3 is 3.11 bits per heavy atom. The summed E-state index contributed by atoms with van der Waals surface area (Å²) in [5.74, 6) is 1.39. The van der Waals surface area contributed by atoms with Crippen molar-refractivity contribution in [1.82, 2.24) is 14.8 Å². The number of benzene rings is 1. The van der Waals surface area contributed by atoms with Gasteiger partial charge in [0.1, 0.15) is 12.1 Å². The molecular formula is C12H12ClN3OS. The highest BCUT2D eigenvalue weighted by Crippen LogP contribution is 2.23. The van der Waals surface area contributed by atoms with Crippen LogP contribution in [0.15, 0.2) is 47.4 Å². The van der Waals surface area contributed by atoms with Gasteiger partial charge in [0.25, 0.3) is 0 Å². The summed E-state index contributed by atoms with van der Waals surface area (Å²) in [6.07, 6.45) is 1.66. The van der Waals surface area contributed by atoms with E-state index in [9.17, 15) is 0 Å². The summed E-state index contributed by atoms with van der Waals surface area (Å²) in [6.45, 7) is 3.65. The van der Waals surface area contributed by atoms with E-state index in [1.54, 1.807) is 13.4 Å². The van der Waals surface area contributed by atoms with Gasteiger partial charge in [-0.2, -0.15) is 0 Å². The fourth-order valence-electron chi connectivity index (χ4n) is 1.40. The molecule has 0 amide bonds. The van der Waals surface area contributed by atoms with Gasteiger partial charge in [-0.1, -0.05) is 36.0 Å². The minimum absolute atomic E-state index is 0.584. The van der Waals surface area contributed by atoms with Crippen LogP contribution in [0.3, 0.4) is 0 Å². The molecule has 0 saturated heterocycles. The van der Waals surface area contributed by atoms with Crippen LogP contribution >= 0.6 is 23.4 Å². The number of nitrogens with zero attached hydrogens (tertiary/aromatic N) is 3. The molecule has 0 bridgehead atoms. The van der Waals surface area contributed by atoms with Crippen LogP contribution in [0.25, 0.3) is 5.69 Å². The third kappa shape index (κ3) is 3.05. The minimum atomic E-state index is 0.584. The molecule has 0 N–H and O–H groups in total. The molecule has 0 fully saturated rings. The lowest BCUT2D eigenvalue weighted by molar-refractivity contribution is 0.414. The zero-order chi connectivity index (χ0) is 13.0. The van der Waals surface area contributed by atoms with Crippen molar-refractivity contribution >= 4 is 23.4 Å². The molecule has 18 heavy (non-hydrogen) atoms. The number of halogens is 1. The lowest BCUT2D eigenvalue weighted by Gasteiger charge is -2.07. The van der Waals surface area contributed by atoms with E-state index < -0.39 is 0 Å². The van der Waals surface area contributed by atoms with E-state index in [4.69, 9.17) is 16.3 Å². The maximum absolute atomic E-state index is 5.75. The maximum Gasteiger partial charge on any atom is 0.195 e. The van der Waals surface area contributed by atoms with Gasteiger partial charge in [-0.15, -0.1) is 10.2 Å². The van der Waals surface area contributed by atoms with Crippen molar-refractivity contribution in [1.29, 1.82) is 0 Å². The monoisotopic (exact) mass is 281 g/mol. The van der Waals surface area contributed by atoms with Crippen LogP contribution < -0.4 is 4.74 Å². The summed E-state index contributed by atoms with van der Waals surface area (Å²) in [4.78, 5) is 0. The average Bonchev–Trinajstić information content (AvgIpc) is 2.84. The molecule has 0 aliphatic carbocycles. The first-order valence-corrected chi connectivity index (χ1v) is 6.57. The standard InChI is InChI=1S/C12H12ClN3OS/c1-9(13)7-18-12-15-14-8-16(12)10-4-3-5-11(6-10)17-2/h3-6,8H,1,7H2,2H3. The van der Waals surface area contributed by atoms with Crippen LogP contribution in [-0.4, -0.2) is 27.6 Å². The zero-order valence-electron chi connectivity index (χ0n) is 9.84. The largest absolute Gasteiger partial charge is 0.497 e. The first-order valence-electron chi connectivity index (χ1n) is 5.21. The number of rotatable bonds is 5. The van der Waals surface area contributed by atoms with E-state index in [1.807, 2.05) is 28.8 Å². The van der Waals surface area contributed by atoms with Gasteiger partial charge in [0.2, 0.25) is 0 Å². The van der Waals surface area contributed by atoms with E-state index in [1.165, 1.54) is 11.8 Å². The molecule has 1 aromatic carbocycles. The molecule has 0 aliphatic heterocycles. The molecule has 2 rings (SSSR count). The average molecular weight is 282 g/mol. The van der Waals surface area contributed by atoms with Gasteiger partial charge in [-0.25, -0.2) is 0 Å². The van der Waals surface area contributed by atoms with E-state index in [2.05, 4.69) is 16.8 Å². The second kappa shape index (κ2) is 5.93. The quantitative estimate of drug-likeness (QED) is 0.790. The molecule has 0 unspecified atom stereocenters. The zero-order valence-corrected chi connectivity index (χ0v) is 11.4. The van der Waals surface area contributed by atoms with Crippen molar-refractivity contribution in [3.63, 3.8) is 0 Å². The molecule has 4 nitrogen and oxygen atoms in total. The summed E-state index contributed by atoms with van der Waals surface area (Å²) in [7, 11) is 1.64. The number of ether oxygens (including phenoxy) is 1. The number of hydrogen-bond donors (Lipinski definition) is 0. The normalized spacial score (nSPS) is 10.3. The van der Waals surface area contributed by atoms with Gasteiger partial charge >= 0.3 is 0 Å². The Bertz CT molecular complexity index is 556. The fraction of sp³-hybridized carbons (Fsp3) is 0.167. The topological polar surface area (TPSA) is 39.9 Å². The predicted molar refractivity (Wildman–Crippen MR) is 73.6 cm³/mol. The minimum Gasteiger partial charge on any atom is -0.497 e. The second-order valence-electron chi connectivity index (χ2n) is 3.49. The lowest BCUT2D eigenvalue weighted by Crippen LogP contribution is -1.96. The van der Waals surface area contributed by atoms with Crippen molar-refractivity contribution in [3.8, 4) is 11.4 Å². The van der Waals surface area contributed by atoms with Gasteiger partial charge in [0.05, 0.1) is 12.8 Å². The molecule has 6 heteroatoms. The molecule has 0 atom stereocenters. The summed E-state index contributed by atoms with van der Waals surface area (Å²) < 4.78 is 7.08. The number of thioether (sulfide) groups is 1. The van der Waals surface area contributed by atoms with E-state index in [-0.39, 0.29) is 0 Å². The third-order valence-electron chi connectivity index (χ3n) is 2.21. The van der Waals surface area contributed by atoms with Crippen molar-refractivity contribution in [3.05, 3.63) is 42.2 Å². The highest BCUT2D eigenvalue weighted by molar-refractivity contribution is 7.99. The van der Waals surface area contributed by atoms with Gasteiger partial charge in [0.15, 0.2) is 5.16 Å². The van der Waals surface area contributed by atoms with Crippen LogP contribution in [0.4, 0.5) is 0 Å². The first kappa shape index (κ1) is 13.0. The Hall–Kier alpha value is -1.46. The Kier molecular flexibility index (Phi) is 4.28. The molecule has 0 saturated carbocycles. The van der Waals surface area contributed by atoms with Gasteiger partial charge in [-0.3, -0.25) is 4.57 Å². The van der Waals surface area contributed by atoms with Gasteiger partial charge in [0, 0.05) is 16.9 Å². The van der Waals surface area contributed by atoms with Crippen molar-refractivity contribution in [2.45, 2.75) is 5.16 Å². The molecule has 1 aromatic heterocycles. The van der Waals surface area contributed by atoms with Crippen LogP contribution in [0, 0.1) is 0 Å². The molecule has 2 aromatic rings. The first-order chi connectivity index (χ1) is 8.70. The summed E-state index contributed by atoms with van der Waals surface area (Å²) in [5.41, 5.74) is 0.946. The lowest BCUT2D eigenvalue weighted by atomic mass is 10.3. The fourth-order valence-corrected chi connectivity index (χ4v) is 2.25. The van der Waals surface area contributed by atoms with E-state index in [0.29, 0.717) is 10.8 Å². The van der Waals surface area contributed by atoms with Crippen molar-refractivity contribution in [2.75, 3.05) is 12.9 Å². The third-order valence-corrected chi connectivity index (χ3v) is 3.53. The maximum atomic E-state index is 5.75. The number of hydrogen-bond acceptors (Lipinski definition) is 4. The molecule has 0 spiro atoms. The van der Waals surface area contributed by atoms with Crippen molar-refractivity contribution in [2.24, 2.45) is 0 Å².